The van der Waals surface area contributed by atoms with Crippen molar-refractivity contribution in [3.8, 4) is 17.2 Å². The van der Waals surface area contributed by atoms with Gasteiger partial charge in [0.15, 0.2) is 0 Å². The largest absolute Gasteiger partial charge is 0.497 e. The average Bonchev–Trinajstić information content (AvgIpc) is 2.69. The summed E-state index contributed by atoms with van der Waals surface area (Å²) >= 11 is 0. The van der Waals surface area contributed by atoms with Gasteiger partial charge in [-0.25, -0.2) is 0 Å². The van der Waals surface area contributed by atoms with Gasteiger partial charge in [0.2, 0.25) is 0 Å². The molecule has 28 heavy (non-hydrogen) atoms. The number of carbonyl (C=O) groups excluding carboxylic acids is 2. The first-order chi connectivity index (χ1) is 13.4. The van der Waals surface area contributed by atoms with E-state index in [0.717, 1.165) is 11.1 Å². The van der Waals surface area contributed by atoms with Gasteiger partial charge in [-0.15, -0.1) is 0 Å². The number of anilines is 1. The predicted molar refractivity (Wildman–Crippen MR) is 107 cm³/mol. The summed E-state index contributed by atoms with van der Waals surface area (Å²) in [5.41, 5.74) is 2.19. The third-order valence-electron chi connectivity index (χ3n) is 4.14. The molecule has 2 aromatic carbocycles. The van der Waals surface area contributed by atoms with Crippen LogP contribution in [0.1, 0.15) is 31.0 Å². The quantitative estimate of drug-likeness (QED) is 0.714. The monoisotopic (exact) mass is 386 g/mol. The molecule has 2 rings (SSSR count). The smallest absolute Gasteiger partial charge is 0.313 e. The number of carbonyl (C=O) groups is 2. The summed E-state index contributed by atoms with van der Waals surface area (Å²) < 4.78 is 16.0. The van der Waals surface area contributed by atoms with E-state index < -0.39 is 17.9 Å². The van der Waals surface area contributed by atoms with E-state index in [1.807, 2.05) is 32.0 Å². The van der Waals surface area contributed by atoms with E-state index in [9.17, 15) is 9.59 Å². The molecule has 2 N–H and O–H groups in total. The Labute approximate surface area is 165 Å². The van der Waals surface area contributed by atoms with Gasteiger partial charge in [-0.3, -0.25) is 9.59 Å². The van der Waals surface area contributed by atoms with Crippen molar-refractivity contribution in [1.82, 2.24) is 5.32 Å². The minimum absolute atomic E-state index is 0.347. The lowest BCUT2D eigenvalue weighted by molar-refractivity contribution is -0.136. The number of hydrogen-bond donors (Lipinski definition) is 2. The minimum Gasteiger partial charge on any atom is -0.497 e. The summed E-state index contributed by atoms with van der Waals surface area (Å²) in [5.74, 6) is 0.0689. The Bertz CT molecular complexity index is 851. The highest BCUT2D eigenvalue weighted by Gasteiger charge is 2.21. The third kappa shape index (κ3) is 5.16. The number of amides is 2. The van der Waals surface area contributed by atoms with Gasteiger partial charge in [0, 0.05) is 11.6 Å². The highest BCUT2D eigenvalue weighted by atomic mass is 16.5. The van der Waals surface area contributed by atoms with Crippen LogP contribution in [0.5, 0.6) is 17.2 Å². The Kier molecular flexibility index (Phi) is 7.26. The van der Waals surface area contributed by atoms with E-state index >= 15 is 0 Å². The maximum atomic E-state index is 12.4. The molecule has 7 nitrogen and oxygen atoms in total. The highest BCUT2D eigenvalue weighted by Crippen LogP contribution is 2.29. The second-order valence-corrected chi connectivity index (χ2v) is 6.19. The molecule has 0 aliphatic rings. The van der Waals surface area contributed by atoms with Gasteiger partial charge in [0.05, 0.1) is 32.6 Å². The number of methoxy groups -OCH3 is 2. The van der Waals surface area contributed by atoms with Crippen LogP contribution in [-0.2, 0) is 9.59 Å². The zero-order valence-corrected chi connectivity index (χ0v) is 16.8. The number of ether oxygens (including phenoxy) is 3. The summed E-state index contributed by atoms with van der Waals surface area (Å²) in [5, 5.41) is 5.26. The normalized spacial score (nSPS) is 11.3. The third-order valence-corrected chi connectivity index (χ3v) is 4.14. The molecule has 0 saturated heterocycles. The van der Waals surface area contributed by atoms with Crippen molar-refractivity contribution in [3.05, 3.63) is 47.5 Å². The maximum Gasteiger partial charge on any atom is 0.313 e. The standard InChI is InChI=1S/C21H26N2O5/c1-6-28-18-9-7-13(2)11-16(18)14(3)22-20(24)21(25)23-17-12-15(26-4)8-10-19(17)27-5/h7-12,14H,6H2,1-5H3,(H,22,24)(H,23,25). The van der Waals surface area contributed by atoms with Crippen LogP contribution in [-0.4, -0.2) is 32.6 Å². The molecule has 0 aliphatic carbocycles. The summed E-state index contributed by atoms with van der Waals surface area (Å²) in [6.07, 6.45) is 0. The van der Waals surface area contributed by atoms with E-state index in [-0.39, 0.29) is 0 Å². The lowest BCUT2D eigenvalue weighted by Gasteiger charge is -2.19. The minimum atomic E-state index is -0.802. The molecule has 2 aromatic rings. The van der Waals surface area contributed by atoms with E-state index in [4.69, 9.17) is 14.2 Å². The van der Waals surface area contributed by atoms with E-state index in [1.165, 1.54) is 14.2 Å². The summed E-state index contributed by atoms with van der Waals surface area (Å²) in [6.45, 7) is 6.15. The number of rotatable bonds is 7. The molecule has 2 amide bonds. The predicted octanol–water partition coefficient (Wildman–Crippen LogP) is 3.23. The van der Waals surface area contributed by atoms with Crippen LogP contribution in [0, 0.1) is 6.92 Å². The van der Waals surface area contributed by atoms with Crippen LogP contribution in [0.15, 0.2) is 36.4 Å². The molecule has 0 spiro atoms. The summed E-state index contributed by atoms with van der Waals surface area (Å²) in [4.78, 5) is 24.8. The van der Waals surface area contributed by atoms with Crippen molar-refractivity contribution >= 4 is 17.5 Å². The highest BCUT2D eigenvalue weighted by molar-refractivity contribution is 6.39. The number of benzene rings is 2. The van der Waals surface area contributed by atoms with Crippen molar-refractivity contribution in [2.24, 2.45) is 0 Å². The number of nitrogens with one attached hydrogen (secondary N) is 2. The average molecular weight is 386 g/mol. The van der Waals surface area contributed by atoms with Crippen LogP contribution in [0.25, 0.3) is 0 Å². The second-order valence-electron chi connectivity index (χ2n) is 6.19. The van der Waals surface area contributed by atoms with Gasteiger partial charge in [-0.2, -0.15) is 0 Å². The fraction of sp³-hybridized carbons (Fsp3) is 0.333. The van der Waals surface area contributed by atoms with Crippen LogP contribution in [0.2, 0.25) is 0 Å². The van der Waals surface area contributed by atoms with Crippen molar-refractivity contribution in [2.45, 2.75) is 26.8 Å². The molecule has 150 valence electrons. The van der Waals surface area contributed by atoms with Gasteiger partial charge in [0.1, 0.15) is 17.2 Å². The summed E-state index contributed by atoms with van der Waals surface area (Å²) in [6, 6.07) is 10.2. The molecular weight excluding hydrogens is 360 g/mol. The molecule has 0 bridgehead atoms. The van der Waals surface area contributed by atoms with Crippen LogP contribution in [0.3, 0.4) is 0 Å². The van der Waals surface area contributed by atoms with E-state index in [1.54, 1.807) is 25.1 Å². The van der Waals surface area contributed by atoms with Gasteiger partial charge in [0.25, 0.3) is 0 Å². The molecule has 0 fully saturated rings. The Balaban J connectivity index is 2.13. The zero-order chi connectivity index (χ0) is 20.7. The molecule has 1 unspecified atom stereocenters. The molecule has 0 heterocycles. The molecular formula is C21H26N2O5. The fourth-order valence-electron chi connectivity index (χ4n) is 2.72. The molecule has 0 saturated carbocycles. The Morgan fingerprint density at radius 2 is 1.71 bits per heavy atom. The van der Waals surface area contributed by atoms with Crippen molar-refractivity contribution in [1.29, 1.82) is 0 Å². The SMILES string of the molecule is CCOc1ccc(C)cc1C(C)NC(=O)C(=O)Nc1cc(OC)ccc1OC. The Morgan fingerprint density at radius 1 is 1.00 bits per heavy atom. The second kappa shape index (κ2) is 9.64. The van der Waals surface area contributed by atoms with Crippen molar-refractivity contribution in [2.75, 3.05) is 26.1 Å². The van der Waals surface area contributed by atoms with Gasteiger partial charge < -0.3 is 24.8 Å². The first-order valence-electron chi connectivity index (χ1n) is 8.96. The topological polar surface area (TPSA) is 85.9 Å². The van der Waals surface area contributed by atoms with Gasteiger partial charge in [-0.05, 0) is 39.0 Å². The lowest BCUT2D eigenvalue weighted by atomic mass is 10.0. The number of hydrogen-bond acceptors (Lipinski definition) is 5. The molecule has 1 atom stereocenters. The van der Waals surface area contributed by atoms with Crippen molar-refractivity contribution in [3.63, 3.8) is 0 Å². The number of aryl methyl sites for hydroxylation is 1. The summed E-state index contributed by atoms with van der Waals surface area (Å²) in [7, 11) is 2.99. The fourth-order valence-corrected chi connectivity index (χ4v) is 2.72. The van der Waals surface area contributed by atoms with Crippen LogP contribution >= 0.6 is 0 Å². The first-order valence-corrected chi connectivity index (χ1v) is 8.96. The van der Waals surface area contributed by atoms with Crippen LogP contribution in [0.4, 0.5) is 5.69 Å². The molecule has 0 aromatic heterocycles. The lowest BCUT2D eigenvalue weighted by Crippen LogP contribution is -2.37. The molecule has 7 heteroatoms. The van der Waals surface area contributed by atoms with Gasteiger partial charge in [-0.1, -0.05) is 17.7 Å². The maximum absolute atomic E-state index is 12.4. The molecule has 0 aliphatic heterocycles. The van der Waals surface area contributed by atoms with Crippen LogP contribution < -0.4 is 24.8 Å². The van der Waals surface area contributed by atoms with E-state index in [0.29, 0.717) is 29.5 Å². The Morgan fingerprint density at radius 3 is 2.36 bits per heavy atom. The Hall–Kier alpha value is -3.22. The zero-order valence-electron chi connectivity index (χ0n) is 16.8. The van der Waals surface area contributed by atoms with E-state index in [2.05, 4.69) is 10.6 Å². The molecule has 0 radical (unpaired) electrons. The first kappa shape index (κ1) is 21.1. The van der Waals surface area contributed by atoms with Crippen molar-refractivity contribution < 1.29 is 23.8 Å². The van der Waals surface area contributed by atoms with Gasteiger partial charge >= 0.3 is 11.8 Å².